The van der Waals surface area contributed by atoms with Crippen molar-refractivity contribution in [3.05, 3.63) is 65.5 Å². The van der Waals surface area contributed by atoms with Crippen LogP contribution in [0.3, 0.4) is 0 Å². The van der Waals surface area contributed by atoms with Crippen molar-refractivity contribution in [1.29, 1.82) is 0 Å². The van der Waals surface area contributed by atoms with Gasteiger partial charge in [-0.25, -0.2) is 18.0 Å². The smallest absolute Gasteiger partial charge is 0.329 e. The maximum atomic E-state index is 13.7. The zero-order chi connectivity index (χ0) is 21.6. The minimum absolute atomic E-state index is 0.245. The summed E-state index contributed by atoms with van der Waals surface area (Å²) in [5.41, 5.74) is -0.649. The zero-order valence-electron chi connectivity index (χ0n) is 15.7. The predicted octanol–water partition coefficient (Wildman–Crippen LogP) is 3.04. The van der Waals surface area contributed by atoms with Crippen LogP contribution in [-0.2, 0) is 14.3 Å². The maximum Gasteiger partial charge on any atom is 0.329 e. The summed E-state index contributed by atoms with van der Waals surface area (Å²) in [5, 5.41) is 4.45. The van der Waals surface area contributed by atoms with Crippen LogP contribution in [0.2, 0.25) is 0 Å². The Morgan fingerprint density at radius 1 is 1.00 bits per heavy atom. The number of esters is 1. The lowest BCUT2D eigenvalue weighted by molar-refractivity contribution is -0.150. The van der Waals surface area contributed by atoms with Gasteiger partial charge in [0, 0.05) is 6.07 Å². The van der Waals surface area contributed by atoms with Gasteiger partial charge in [-0.05, 0) is 30.2 Å². The van der Waals surface area contributed by atoms with Crippen molar-refractivity contribution in [3.8, 4) is 0 Å². The summed E-state index contributed by atoms with van der Waals surface area (Å²) in [5.74, 6) is -5.44. The molecule has 0 saturated carbocycles. The molecule has 0 spiro atoms. The second kappa shape index (κ2) is 9.72. The molecule has 2 aromatic carbocycles. The summed E-state index contributed by atoms with van der Waals surface area (Å²) < 4.78 is 45.2. The monoisotopic (exact) mass is 408 g/mol. The fourth-order valence-electron chi connectivity index (χ4n) is 2.37. The molecule has 9 heteroatoms. The van der Waals surface area contributed by atoms with Gasteiger partial charge in [0.05, 0.1) is 11.3 Å². The van der Waals surface area contributed by atoms with Crippen LogP contribution in [0.4, 0.5) is 18.9 Å². The average Bonchev–Trinajstić information content (AvgIpc) is 2.67. The van der Waals surface area contributed by atoms with E-state index in [1.54, 1.807) is 13.8 Å². The fraction of sp³-hybridized carbons (Fsp3) is 0.250. The van der Waals surface area contributed by atoms with Gasteiger partial charge in [0.2, 0.25) is 0 Å². The van der Waals surface area contributed by atoms with Crippen LogP contribution < -0.4 is 10.6 Å². The van der Waals surface area contributed by atoms with Gasteiger partial charge < -0.3 is 15.4 Å². The molecule has 6 nitrogen and oxygen atoms in total. The molecular weight excluding hydrogens is 389 g/mol. The van der Waals surface area contributed by atoms with Crippen LogP contribution in [0.5, 0.6) is 0 Å². The van der Waals surface area contributed by atoms with Crippen molar-refractivity contribution in [1.82, 2.24) is 5.32 Å². The normalized spacial score (nSPS) is 11.7. The number of halogens is 3. The Morgan fingerprint density at radius 2 is 1.69 bits per heavy atom. The van der Waals surface area contributed by atoms with Gasteiger partial charge in [-0.15, -0.1) is 0 Å². The lowest BCUT2D eigenvalue weighted by Gasteiger charge is -2.21. The number of anilines is 1. The van der Waals surface area contributed by atoms with E-state index in [9.17, 15) is 27.6 Å². The zero-order valence-corrected chi connectivity index (χ0v) is 15.7. The van der Waals surface area contributed by atoms with E-state index in [0.29, 0.717) is 0 Å². The van der Waals surface area contributed by atoms with Crippen LogP contribution in [0.25, 0.3) is 0 Å². The van der Waals surface area contributed by atoms with E-state index in [0.717, 1.165) is 24.3 Å². The Labute approximate surface area is 165 Å². The van der Waals surface area contributed by atoms with Crippen LogP contribution in [-0.4, -0.2) is 30.4 Å². The number of rotatable bonds is 7. The fourth-order valence-corrected chi connectivity index (χ4v) is 2.37. The van der Waals surface area contributed by atoms with Crippen molar-refractivity contribution in [2.75, 3.05) is 11.9 Å². The van der Waals surface area contributed by atoms with E-state index in [4.69, 9.17) is 4.74 Å². The van der Waals surface area contributed by atoms with Gasteiger partial charge in [-0.3, -0.25) is 9.59 Å². The highest BCUT2D eigenvalue weighted by Crippen LogP contribution is 2.15. The van der Waals surface area contributed by atoms with Gasteiger partial charge in [-0.1, -0.05) is 26.0 Å². The summed E-state index contributed by atoms with van der Waals surface area (Å²) in [6.45, 7) is 2.46. The molecular formula is C20H19F3N2O4. The number of amides is 2. The maximum absolute atomic E-state index is 13.7. The molecule has 1 atom stereocenters. The molecule has 0 radical (unpaired) electrons. The standard InChI is InChI=1S/C20H19F3N2O4/c1-11(2)18(25-19(27)13-5-3-4-6-14(13)22)20(28)29-10-17(26)24-16-9-12(21)7-8-15(16)23/h3-9,11,18H,10H2,1-2H3,(H,24,26)(H,25,27)/t18-/m0/s1. The number of carbonyl (C=O) groups excluding carboxylic acids is 3. The van der Waals surface area contributed by atoms with E-state index in [-0.39, 0.29) is 5.56 Å². The van der Waals surface area contributed by atoms with Gasteiger partial charge in [0.25, 0.3) is 11.8 Å². The van der Waals surface area contributed by atoms with E-state index in [2.05, 4.69) is 10.6 Å². The van der Waals surface area contributed by atoms with Crippen molar-refractivity contribution < 1.29 is 32.3 Å². The number of hydrogen-bond acceptors (Lipinski definition) is 4. The molecule has 0 aliphatic heterocycles. The molecule has 2 rings (SSSR count). The van der Waals surface area contributed by atoms with Gasteiger partial charge in [0.15, 0.2) is 6.61 Å². The van der Waals surface area contributed by atoms with Crippen molar-refractivity contribution in [3.63, 3.8) is 0 Å². The summed E-state index contributed by atoms with van der Waals surface area (Å²) >= 11 is 0. The topological polar surface area (TPSA) is 84.5 Å². The second-order valence-electron chi connectivity index (χ2n) is 6.46. The van der Waals surface area contributed by atoms with E-state index in [1.165, 1.54) is 18.2 Å². The first-order chi connectivity index (χ1) is 13.7. The minimum atomic E-state index is -1.15. The first-order valence-corrected chi connectivity index (χ1v) is 8.66. The first kappa shape index (κ1) is 21.9. The molecule has 2 N–H and O–H groups in total. The van der Waals surface area contributed by atoms with E-state index >= 15 is 0 Å². The highest BCUT2D eigenvalue weighted by atomic mass is 19.1. The summed E-state index contributed by atoms with van der Waals surface area (Å²) in [6.07, 6.45) is 0. The van der Waals surface area contributed by atoms with Gasteiger partial charge >= 0.3 is 5.97 Å². The Balaban J connectivity index is 1.97. The van der Waals surface area contributed by atoms with Gasteiger partial charge in [-0.2, -0.15) is 0 Å². The van der Waals surface area contributed by atoms with Crippen LogP contribution in [0.1, 0.15) is 24.2 Å². The van der Waals surface area contributed by atoms with Crippen LogP contribution >= 0.6 is 0 Å². The Morgan fingerprint density at radius 3 is 2.34 bits per heavy atom. The molecule has 0 unspecified atom stereocenters. The quantitative estimate of drug-likeness (QED) is 0.690. The highest BCUT2D eigenvalue weighted by molar-refractivity contribution is 5.97. The van der Waals surface area contributed by atoms with Crippen LogP contribution in [0.15, 0.2) is 42.5 Å². The third-order valence-corrected chi connectivity index (χ3v) is 3.87. The summed E-state index contributed by atoms with van der Waals surface area (Å²) in [6, 6.07) is 6.60. The largest absolute Gasteiger partial charge is 0.454 e. The van der Waals surface area contributed by atoms with Crippen molar-refractivity contribution in [2.45, 2.75) is 19.9 Å². The molecule has 0 fully saturated rings. The van der Waals surface area contributed by atoms with Gasteiger partial charge in [0.1, 0.15) is 23.5 Å². The molecule has 2 amide bonds. The predicted molar refractivity (Wildman–Crippen MR) is 98.4 cm³/mol. The summed E-state index contributed by atoms with van der Waals surface area (Å²) in [7, 11) is 0. The van der Waals surface area contributed by atoms with Crippen molar-refractivity contribution in [2.24, 2.45) is 5.92 Å². The van der Waals surface area contributed by atoms with E-state index < -0.39 is 59.5 Å². The van der Waals surface area contributed by atoms with E-state index in [1.807, 2.05) is 0 Å². The third kappa shape index (κ3) is 6.06. The summed E-state index contributed by atoms with van der Waals surface area (Å²) in [4.78, 5) is 36.3. The Bertz CT molecular complexity index is 918. The molecule has 154 valence electrons. The minimum Gasteiger partial charge on any atom is -0.454 e. The molecule has 0 bridgehead atoms. The highest BCUT2D eigenvalue weighted by Gasteiger charge is 2.27. The molecule has 0 heterocycles. The first-order valence-electron chi connectivity index (χ1n) is 8.66. The number of ether oxygens (including phenoxy) is 1. The molecule has 0 saturated heterocycles. The third-order valence-electron chi connectivity index (χ3n) is 3.87. The molecule has 2 aromatic rings. The lowest BCUT2D eigenvalue weighted by atomic mass is 10.0. The average molecular weight is 408 g/mol. The number of benzene rings is 2. The molecule has 29 heavy (non-hydrogen) atoms. The SMILES string of the molecule is CC(C)[C@H](NC(=O)c1ccccc1F)C(=O)OCC(=O)Nc1cc(F)ccc1F. The number of nitrogens with one attached hydrogen (secondary N) is 2. The molecule has 0 aliphatic carbocycles. The number of hydrogen-bond donors (Lipinski definition) is 2. The Hall–Kier alpha value is -3.36. The lowest BCUT2D eigenvalue weighted by Crippen LogP contribution is -2.46. The number of carbonyl (C=O) groups is 3. The molecule has 0 aromatic heterocycles. The molecule has 0 aliphatic rings. The van der Waals surface area contributed by atoms with Crippen LogP contribution in [0, 0.1) is 23.4 Å². The van der Waals surface area contributed by atoms with Crippen molar-refractivity contribution >= 4 is 23.5 Å². The Kier molecular flexibility index (Phi) is 7.35. The second-order valence-corrected chi connectivity index (χ2v) is 6.46.